The van der Waals surface area contributed by atoms with Crippen LogP contribution in [0.3, 0.4) is 0 Å². The van der Waals surface area contributed by atoms with Crippen LogP contribution in [0.25, 0.3) is 33.9 Å². The molecule has 0 saturated carbocycles. The Labute approximate surface area is 184 Å². The molecule has 1 aromatic heterocycles. The van der Waals surface area contributed by atoms with Crippen molar-refractivity contribution in [3.63, 3.8) is 0 Å². The first-order valence-corrected chi connectivity index (χ1v) is 10.8. The zero-order valence-electron chi connectivity index (χ0n) is 18.8. The molecular formula is C28H27N3. The van der Waals surface area contributed by atoms with Gasteiger partial charge in [-0.1, -0.05) is 107 Å². The molecule has 0 spiro atoms. The molecule has 1 heterocycles. The Bertz CT molecular complexity index is 1280. The van der Waals surface area contributed by atoms with Gasteiger partial charge in [-0.15, -0.1) is 0 Å². The van der Waals surface area contributed by atoms with Crippen molar-refractivity contribution in [1.29, 1.82) is 0 Å². The summed E-state index contributed by atoms with van der Waals surface area (Å²) in [7, 11) is 0. The van der Waals surface area contributed by atoms with Crippen LogP contribution in [0.15, 0.2) is 72.8 Å². The van der Waals surface area contributed by atoms with Crippen molar-refractivity contribution in [3.05, 3.63) is 89.7 Å². The monoisotopic (exact) mass is 405 g/mol. The topological polar surface area (TPSA) is 38.7 Å². The van der Waals surface area contributed by atoms with E-state index in [-0.39, 0.29) is 10.8 Å². The van der Waals surface area contributed by atoms with Crippen LogP contribution in [-0.2, 0) is 10.8 Å². The quantitative estimate of drug-likeness (QED) is 0.368. The Balaban J connectivity index is 1.80. The van der Waals surface area contributed by atoms with E-state index in [1.165, 1.54) is 22.3 Å². The number of rotatable bonds is 2. The van der Waals surface area contributed by atoms with Crippen LogP contribution in [0, 0.1) is 0 Å². The number of hydrogen-bond acceptors (Lipinski definition) is 3. The molecule has 0 amide bonds. The maximum absolute atomic E-state index is 4.98. The van der Waals surface area contributed by atoms with E-state index in [0.717, 1.165) is 28.6 Å². The molecule has 0 aliphatic heterocycles. The second kappa shape index (κ2) is 6.84. The molecule has 0 fully saturated rings. The van der Waals surface area contributed by atoms with Gasteiger partial charge in [0.1, 0.15) is 5.82 Å². The van der Waals surface area contributed by atoms with Crippen LogP contribution in [0.4, 0.5) is 0 Å². The van der Waals surface area contributed by atoms with E-state index in [4.69, 9.17) is 15.0 Å². The molecule has 0 saturated heterocycles. The van der Waals surface area contributed by atoms with Crippen LogP contribution in [0.1, 0.15) is 51.6 Å². The van der Waals surface area contributed by atoms with Gasteiger partial charge in [-0.05, 0) is 22.3 Å². The fraction of sp³-hybridized carbons (Fsp3) is 0.250. The van der Waals surface area contributed by atoms with Crippen molar-refractivity contribution in [2.45, 2.75) is 45.4 Å². The van der Waals surface area contributed by atoms with Crippen molar-refractivity contribution in [2.24, 2.45) is 0 Å². The molecule has 0 radical (unpaired) electrons. The number of fused-ring (bicyclic) bond motifs is 3. The van der Waals surface area contributed by atoms with Gasteiger partial charge in [0.05, 0.1) is 0 Å². The van der Waals surface area contributed by atoms with Crippen molar-refractivity contribution >= 4 is 0 Å². The lowest BCUT2D eigenvalue weighted by Gasteiger charge is -2.22. The highest BCUT2D eigenvalue weighted by Gasteiger charge is 2.37. The van der Waals surface area contributed by atoms with E-state index in [2.05, 4.69) is 89.2 Å². The van der Waals surface area contributed by atoms with Gasteiger partial charge < -0.3 is 0 Å². The molecule has 0 unspecified atom stereocenters. The normalized spacial score (nSPS) is 14.2. The van der Waals surface area contributed by atoms with Crippen LogP contribution in [0.5, 0.6) is 0 Å². The van der Waals surface area contributed by atoms with Crippen molar-refractivity contribution in [1.82, 2.24) is 15.0 Å². The summed E-state index contributed by atoms with van der Waals surface area (Å²) in [6, 6.07) is 25.4. The zero-order chi connectivity index (χ0) is 21.8. The molecule has 5 rings (SSSR count). The highest BCUT2D eigenvalue weighted by atomic mass is 15.0. The summed E-state index contributed by atoms with van der Waals surface area (Å²) in [4.78, 5) is 14.8. The largest absolute Gasteiger partial charge is 0.212 e. The molecule has 1 aliphatic carbocycles. The van der Waals surface area contributed by atoms with Gasteiger partial charge in [0.2, 0.25) is 0 Å². The fourth-order valence-corrected chi connectivity index (χ4v) is 4.49. The molecule has 0 atom stereocenters. The summed E-state index contributed by atoms with van der Waals surface area (Å²) < 4.78 is 0. The number of nitrogens with zero attached hydrogens (tertiary/aromatic N) is 3. The maximum atomic E-state index is 4.98. The highest BCUT2D eigenvalue weighted by molar-refractivity contribution is 5.91. The van der Waals surface area contributed by atoms with Gasteiger partial charge in [0.25, 0.3) is 0 Å². The Morgan fingerprint density at radius 3 is 1.97 bits per heavy atom. The smallest absolute Gasteiger partial charge is 0.164 e. The zero-order valence-corrected chi connectivity index (χ0v) is 18.8. The predicted molar refractivity (Wildman–Crippen MR) is 127 cm³/mol. The second-order valence-corrected chi connectivity index (χ2v) is 9.82. The lowest BCUT2D eigenvalue weighted by atomic mass is 9.82. The number of benzene rings is 3. The van der Waals surface area contributed by atoms with Crippen LogP contribution >= 0.6 is 0 Å². The van der Waals surface area contributed by atoms with Gasteiger partial charge in [-0.2, -0.15) is 0 Å². The van der Waals surface area contributed by atoms with Gasteiger partial charge in [0.15, 0.2) is 11.6 Å². The fourth-order valence-electron chi connectivity index (χ4n) is 4.49. The Morgan fingerprint density at radius 1 is 0.613 bits per heavy atom. The molecule has 1 aliphatic rings. The number of hydrogen-bond donors (Lipinski definition) is 0. The molecule has 154 valence electrons. The van der Waals surface area contributed by atoms with Gasteiger partial charge in [-0.3, -0.25) is 0 Å². The summed E-state index contributed by atoms with van der Waals surface area (Å²) >= 11 is 0. The maximum Gasteiger partial charge on any atom is 0.164 e. The van der Waals surface area contributed by atoms with Gasteiger partial charge in [-0.25, -0.2) is 15.0 Å². The summed E-state index contributed by atoms with van der Waals surface area (Å²) in [6.07, 6.45) is 0. The van der Waals surface area contributed by atoms with E-state index < -0.39 is 0 Å². The average molecular weight is 406 g/mol. The third-order valence-corrected chi connectivity index (χ3v) is 6.19. The van der Waals surface area contributed by atoms with E-state index >= 15 is 0 Å². The first kappa shape index (κ1) is 19.6. The Hall–Kier alpha value is -3.33. The minimum atomic E-state index is -0.184. The summed E-state index contributed by atoms with van der Waals surface area (Å²) in [6.45, 7) is 11.0. The lowest BCUT2D eigenvalue weighted by Crippen LogP contribution is -2.18. The molecule has 0 N–H and O–H groups in total. The minimum Gasteiger partial charge on any atom is -0.212 e. The molecule has 4 aromatic rings. The molecule has 3 nitrogen and oxygen atoms in total. The van der Waals surface area contributed by atoms with Crippen LogP contribution < -0.4 is 0 Å². The molecule has 3 aromatic carbocycles. The van der Waals surface area contributed by atoms with E-state index in [1.54, 1.807) is 0 Å². The Morgan fingerprint density at radius 2 is 1.23 bits per heavy atom. The van der Waals surface area contributed by atoms with E-state index in [9.17, 15) is 0 Å². The molecule has 31 heavy (non-hydrogen) atoms. The molecule has 3 heteroatoms. The second-order valence-electron chi connectivity index (χ2n) is 9.82. The standard InChI is InChI=1S/C28H27N3/c1-27(2,3)26-30-24(18-12-7-6-8-13-18)29-25(31-26)20-15-11-17-22-23(20)19-14-9-10-16-21(19)28(22,4)5/h6-17H,1-5H3. The third kappa shape index (κ3) is 3.16. The predicted octanol–water partition coefficient (Wildman–Crippen LogP) is 6.81. The van der Waals surface area contributed by atoms with Gasteiger partial charge in [0, 0.05) is 22.0 Å². The summed E-state index contributed by atoms with van der Waals surface area (Å²) in [5, 5.41) is 0. The Kier molecular flexibility index (Phi) is 4.33. The average Bonchev–Trinajstić information content (AvgIpc) is 3.01. The highest BCUT2D eigenvalue weighted by Crippen LogP contribution is 2.51. The number of aromatic nitrogens is 3. The minimum absolute atomic E-state index is 0.0515. The third-order valence-electron chi connectivity index (χ3n) is 6.19. The van der Waals surface area contributed by atoms with Crippen LogP contribution in [-0.4, -0.2) is 15.0 Å². The lowest BCUT2D eigenvalue weighted by molar-refractivity contribution is 0.543. The first-order valence-electron chi connectivity index (χ1n) is 10.8. The van der Waals surface area contributed by atoms with Crippen molar-refractivity contribution in [3.8, 4) is 33.9 Å². The first-order chi connectivity index (χ1) is 14.8. The summed E-state index contributed by atoms with van der Waals surface area (Å²) in [5.74, 6) is 2.27. The van der Waals surface area contributed by atoms with Crippen LogP contribution in [0.2, 0.25) is 0 Å². The van der Waals surface area contributed by atoms with E-state index in [1.807, 2.05) is 18.2 Å². The van der Waals surface area contributed by atoms with E-state index in [0.29, 0.717) is 0 Å². The summed E-state index contributed by atoms with van der Waals surface area (Å²) in [5.41, 5.74) is 7.03. The molecule has 0 bridgehead atoms. The van der Waals surface area contributed by atoms with Crippen molar-refractivity contribution < 1.29 is 0 Å². The molecular weight excluding hydrogens is 378 g/mol. The SMILES string of the molecule is CC(C)(C)c1nc(-c2ccccc2)nc(-c2cccc3c2-c2ccccc2C3(C)C)n1. The van der Waals surface area contributed by atoms with Crippen molar-refractivity contribution in [2.75, 3.05) is 0 Å². The van der Waals surface area contributed by atoms with Gasteiger partial charge >= 0.3 is 0 Å².